The van der Waals surface area contributed by atoms with E-state index >= 15 is 0 Å². The maximum Gasteiger partial charge on any atom is 0.0702 e. The van der Waals surface area contributed by atoms with E-state index in [2.05, 4.69) is 46.4 Å². The first-order valence-electron chi connectivity index (χ1n) is 6.61. The second kappa shape index (κ2) is 6.33. The van der Waals surface area contributed by atoms with Crippen molar-refractivity contribution in [2.24, 2.45) is 0 Å². The molecule has 0 spiro atoms. The number of hydrogen-bond acceptors (Lipinski definition) is 3. The summed E-state index contributed by atoms with van der Waals surface area (Å²) in [5, 5.41) is 4.70. The standard InChI is InChI=1S/C15H19N3.ClH/c1-12-10-18(7-6-16-12)11-13-8-14-4-2-3-5-15(14)17-9-13;/h2-5,8-9,12,16H,6-7,10-11H2,1H3;1H. The molecule has 19 heavy (non-hydrogen) atoms. The minimum Gasteiger partial charge on any atom is -0.312 e. The molecule has 0 bridgehead atoms. The van der Waals surface area contributed by atoms with Crippen LogP contribution in [-0.2, 0) is 6.54 Å². The molecule has 1 saturated heterocycles. The lowest BCUT2D eigenvalue weighted by atomic mass is 10.1. The second-order valence-corrected chi connectivity index (χ2v) is 5.13. The van der Waals surface area contributed by atoms with Gasteiger partial charge in [0.15, 0.2) is 0 Å². The highest BCUT2D eigenvalue weighted by Gasteiger charge is 2.15. The number of pyridine rings is 1. The van der Waals surface area contributed by atoms with Gasteiger partial charge >= 0.3 is 0 Å². The molecule has 1 N–H and O–H groups in total. The number of hydrogen-bond donors (Lipinski definition) is 1. The molecule has 2 heterocycles. The zero-order valence-electron chi connectivity index (χ0n) is 11.2. The van der Waals surface area contributed by atoms with Crippen molar-refractivity contribution in [3.63, 3.8) is 0 Å². The van der Waals surface area contributed by atoms with Gasteiger partial charge in [0.25, 0.3) is 0 Å². The van der Waals surface area contributed by atoms with Crippen molar-refractivity contribution < 1.29 is 0 Å². The Morgan fingerprint density at radius 1 is 1.37 bits per heavy atom. The molecule has 3 nitrogen and oxygen atoms in total. The molecule has 4 heteroatoms. The van der Waals surface area contributed by atoms with Gasteiger partial charge in [-0.15, -0.1) is 12.4 Å². The molecular weight excluding hydrogens is 258 g/mol. The Labute approximate surface area is 120 Å². The van der Waals surface area contributed by atoms with E-state index in [0.717, 1.165) is 31.7 Å². The minimum absolute atomic E-state index is 0. The monoisotopic (exact) mass is 277 g/mol. The number of piperazine rings is 1. The van der Waals surface area contributed by atoms with Crippen molar-refractivity contribution in [1.29, 1.82) is 0 Å². The Balaban J connectivity index is 0.00000133. The molecule has 1 unspecified atom stereocenters. The van der Waals surface area contributed by atoms with Crippen LogP contribution in [0.15, 0.2) is 36.5 Å². The molecule has 1 aliphatic heterocycles. The van der Waals surface area contributed by atoms with Crippen LogP contribution in [0.5, 0.6) is 0 Å². The van der Waals surface area contributed by atoms with Crippen molar-refractivity contribution in [2.45, 2.75) is 19.5 Å². The van der Waals surface area contributed by atoms with E-state index in [1.807, 2.05) is 12.3 Å². The number of nitrogens with one attached hydrogen (secondary N) is 1. The van der Waals surface area contributed by atoms with Gasteiger partial charge in [-0.3, -0.25) is 9.88 Å². The van der Waals surface area contributed by atoms with Crippen molar-refractivity contribution in [3.8, 4) is 0 Å². The molecule has 1 aromatic carbocycles. The van der Waals surface area contributed by atoms with Crippen molar-refractivity contribution in [1.82, 2.24) is 15.2 Å². The number of rotatable bonds is 2. The lowest BCUT2D eigenvalue weighted by Gasteiger charge is -2.31. The average molecular weight is 278 g/mol. The van der Waals surface area contributed by atoms with Crippen LogP contribution in [0.2, 0.25) is 0 Å². The summed E-state index contributed by atoms with van der Waals surface area (Å²) >= 11 is 0. The van der Waals surface area contributed by atoms with E-state index in [-0.39, 0.29) is 12.4 Å². The summed E-state index contributed by atoms with van der Waals surface area (Å²) in [5.74, 6) is 0. The van der Waals surface area contributed by atoms with Gasteiger partial charge in [0.2, 0.25) is 0 Å². The van der Waals surface area contributed by atoms with Gasteiger partial charge in [-0.05, 0) is 24.6 Å². The number of fused-ring (bicyclic) bond motifs is 1. The van der Waals surface area contributed by atoms with E-state index in [0.29, 0.717) is 6.04 Å². The van der Waals surface area contributed by atoms with Crippen LogP contribution in [0.4, 0.5) is 0 Å². The third kappa shape index (κ3) is 3.44. The molecule has 3 rings (SSSR count). The average Bonchev–Trinajstić information content (AvgIpc) is 2.39. The minimum atomic E-state index is 0. The second-order valence-electron chi connectivity index (χ2n) is 5.13. The van der Waals surface area contributed by atoms with Gasteiger partial charge in [0.05, 0.1) is 5.52 Å². The Morgan fingerprint density at radius 2 is 2.21 bits per heavy atom. The van der Waals surface area contributed by atoms with E-state index in [1.165, 1.54) is 10.9 Å². The number of aromatic nitrogens is 1. The molecule has 0 aliphatic carbocycles. The predicted octanol–water partition coefficient (Wildman–Crippen LogP) is 2.45. The largest absolute Gasteiger partial charge is 0.312 e. The highest BCUT2D eigenvalue weighted by molar-refractivity contribution is 5.85. The quantitative estimate of drug-likeness (QED) is 0.914. The summed E-state index contributed by atoms with van der Waals surface area (Å²) in [5.41, 5.74) is 2.39. The third-order valence-corrected chi connectivity index (χ3v) is 3.51. The van der Waals surface area contributed by atoms with Gasteiger partial charge in [0, 0.05) is 43.8 Å². The van der Waals surface area contributed by atoms with Crippen LogP contribution >= 0.6 is 12.4 Å². The van der Waals surface area contributed by atoms with Gasteiger partial charge in [-0.25, -0.2) is 0 Å². The van der Waals surface area contributed by atoms with E-state index < -0.39 is 0 Å². The molecule has 1 atom stereocenters. The van der Waals surface area contributed by atoms with Crippen LogP contribution in [-0.4, -0.2) is 35.6 Å². The first-order valence-corrected chi connectivity index (χ1v) is 6.61. The first kappa shape index (κ1) is 14.3. The van der Waals surface area contributed by atoms with Gasteiger partial charge < -0.3 is 5.32 Å². The summed E-state index contributed by atoms with van der Waals surface area (Å²) in [6.07, 6.45) is 2.01. The Hall–Kier alpha value is -1.16. The number of halogens is 1. The van der Waals surface area contributed by atoms with Crippen LogP contribution in [0.3, 0.4) is 0 Å². The summed E-state index contributed by atoms with van der Waals surface area (Å²) in [6.45, 7) is 6.57. The smallest absolute Gasteiger partial charge is 0.0702 e. The molecule has 0 amide bonds. The fourth-order valence-corrected chi connectivity index (χ4v) is 2.62. The summed E-state index contributed by atoms with van der Waals surface area (Å²) < 4.78 is 0. The van der Waals surface area contributed by atoms with E-state index in [9.17, 15) is 0 Å². The summed E-state index contributed by atoms with van der Waals surface area (Å²) in [6, 6.07) is 11.1. The number of benzene rings is 1. The molecule has 1 aromatic heterocycles. The Kier molecular flexibility index (Phi) is 4.75. The van der Waals surface area contributed by atoms with Crippen LogP contribution in [0, 0.1) is 0 Å². The van der Waals surface area contributed by atoms with Gasteiger partial charge in [-0.1, -0.05) is 18.2 Å². The topological polar surface area (TPSA) is 28.2 Å². The molecule has 1 aliphatic rings. The molecular formula is C15H20ClN3. The number of nitrogens with zero attached hydrogens (tertiary/aromatic N) is 2. The zero-order valence-corrected chi connectivity index (χ0v) is 12.0. The summed E-state index contributed by atoms with van der Waals surface area (Å²) in [7, 11) is 0. The highest BCUT2D eigenvalue weighted by atomic mass is 35.5. The maximum atomic E-state index is 4.52. The lowest BCUT2D eigenvalue weighted by molar-refractivity contribution is 0.199. The normalized spacial score (nSPS) is 20.2. The third-order valence-electron chi connectivity index (χ3n) is 3.51. The Bertz CT molecular complexity index is 544. The zero-order chi connectivity index (χ0) is 12.4. The Morgan fingerprint density at radius 3 is 3.05 bits per heavy atom. The van der Waals surface area contributed by atoms with E-state index in [4.69, 9.17) is 0 Å². The van der Waals surface area contributed by atoms with Crippen molar-refractivity contribution in [3.05, 3.63) is 42.1 Å². The number of para-hydroxylation sites is 1. The molecule has 0 saturated carbocycles. The first-order chi connectivity index (χ1) is 8.81. The molecule has 1 fully saturated rings. The van der Waals surface area contributed by atoms with Gasteiger partial charge in [0.1, 0.15) is 0 Å². The van der Waals surface area contributed by atoms with Crippen LogP contribution < -0.4 is 5.32 Å². The predicted molar refractivity (Wildman–Crippen MR) is 81.7 cm³/mol. The molecule has 2 aromatic rings. The fourth-order valence-electron chi connectivity index (χ4n) is 2.62. The van der Waals surface area contributed by atoms with E-state index in [1.54, 1.807) is 0 Å². The summed E-state index contributed by atoms with van der Waals surface area (Å²) in [4.78, 5) is 7.02. The van der Waals surface area contributed by atoms with Crippen LogP contribution in [0.1, 0.15) is 12.5 Å². The SMILES string of the molecule is CC1CN(Cc2cnc3ccccc3c2)CCN1.Cl. The maximum absolute atomic E-state index is 4.52. The lowest BCUT2D eigenvalue weighted by Crippen LogP contribution is -2.48. The highest BCUT2D eigenvalue weighted by Crippen LogP contribution is 2.14. The van der Waals surface area contributed by atoms with Crippen LogP contribution in [0.25, 0.3) is 10.9 Å². The van der Waals surface area contributed by atoms with Crippen molar-refractivity contribution in [2.75, 3.05) is 19.6 Å². The van der Waals surface area contributed by atoms with Crippen molar-refractivity contribution >= 4 is 23.3 Å². The van der Waals surface area contributed by atoms with Gasteiger partial charge in [-0.2, -0.15) is 0 Å². The molecule has 102 valence electrons. The fraction of sp³-hybridized carbons (Fsp3) is 0.400. The molecule has 0 radical (unpaired) electrons.